The number of halogens is 20. The van der Waals surface area contributed by atoms with E-state index in [-0.39, 0.29) is 10.9 Å². The van der Waals surface area contributed by atoms with E-state index in [1.165, 1.54) is 16.0 Å². The van der Waals surface area contributed by atoms with Crippen molar-refractivity contribution in [3.63, 3.8) is 0 Å². The minimum absolute atomic E-state index is 0.190. The minimum Gasteiger partial charge on any atom is -0.508 e. The Morgan fingerprint density at radius 1 is 0.355 bits per heavy atom. The summed E-state index contributed by atoms with van der Waals surface area (Å²) in [7, 11) is 0.190. The first-order chi connectivity index (χ1) is 28.8. The van der Waals surface area contributed by atoms with Crippen molar-refractivity contribution in [2.45, 2.75) is 17.6 Å². The summed E-state index contributed by atoms with van der Waals surface area (Å²) < 4.78 is 294. The van der Waals surface area contributed by atoms with Crippen LogP contribution >= 0.6 is 0 Å². The summed E-state index contributed by atoms with van der Waals surface area (Å²) in [6.07, 6.45) is -4.97. The second kappa shape index (κ2) is 17.5. The SMILES string of the molecule is Cc1ccc(C[S+](C)c2ccc(O)cc2)cc1.Fc1c(F)c(F)c([B-](c2c(F)c(F)c(F)c(F)c2F)(c2c(F)c(F)c(F)c(F)c2F)c2c(F)c(F)c(F)c(F)c2F)c(F)c1F. The van der Waals surface area contributed by atoms with Crippen LogP contribution in [0.3, 0.4) is 0 Å². The quantitative estimate of drug-likeness (QED) is 0.0557. The summed E-state index contributed by atoms with van der Waals surface area (Å²) >= 11 is 0. The molecule has 1 N–H and O–H groups in total. The van der Waals surface area contributed by atoms with Gasteiger partial charge in [0.15, 0.2) is 74.7 Å². The third-order valence-electron chi connectivity index (χ3n) is 9.45. The van der Waals surface area contributed by atoms with Gasteiger partial charge in [0.2, 0.25) is 0 Å². The first kappa shape index (κ1) is 47.2. The maximum atomic E-state index is 15.4. The molecular weight excluding hydrogens is 907 g/mol. The zero-order valence-electron chi connectivity index (χ0n) is 30.3. The number of hydrogen-bond donors (Lipinski definition) is 1. The predicted octanol–water partition coefficient (Wildman–Crippen LogP) is 9.35. The van der Waals surface area contributed by atoms with Crippen LogP contribution in [-0.4, -0.2) is 17.5 Å². The molecule has 6 aromatic carbocycles. The molecule has 6 rings (SSSR count). The second-order valence-corrected chi connectivity index (χ2v) is 15.1. The van der Waals surface area contributed by atoms with Crippen molar-refractivity contribution in [1.82, 2.24) is 0 Å². The third-order valence-corrected chi connectivity index (χ3v) is 11.3. The molecule has 6 aromatic rings. The standard InChI is InChI=1S/C24BF20.C15H16OS/c26-5-1(6(27)14(35)21(42)13(5)34)25(2-7(28)15(36)22(43)16(37)8(2)29,3-9(30)17(38)23(44)18(39)10(3)31)4-11(32)19(40)24(45)20(41)12(4)33;1-12-3-5-13(6-4-12)11-17(2)15-9-7-14(16)8-10-15/h;3-10H,11H2,1-2H3/q-1;/p+1. The molecule has 0 bridgehead atoms. The van der Waals surface area contributed by atoms with E-state index in [4.69, 9.17) is 0 Å². The molecule has 1 atom stereocenters. The topological polar surface area (TPSA) is 20.2 Å². The lowest BCUT2D eigenvalue weighted by atomic mass is 9.12. The molecule has 0 heterocycles. The normalized spacial score (nSPS) is 12.1. The molecule has 0 aliphatic carbocycles. The van der Waals surface area contributed by atoms with Crippen LogP contribution in [0.15, 0.2) is 53.4 Å². The number of aryl methyl sites for hydroxylation is 1. The van der Waals surface area contributed by atoms with Crippen molar-refractivity contribution in [3.8, 4) is 5.75 Å². The van der Waals surface area contributed by atoms with Gasteiger partial charge in [-0.25, -0.2) is 87.8 Å². The largest absolute Gasteiger partial charge is 0.508 e. The fraction of sp³-hybridized carbons (Fsp3) is 0.0769. The minimum atomic E-state index is -7.22. The Hall–Kier alpha value is -5.87. The number of phenolic OH excluding ortho intramolecular Hbond substituents is 1. The van der Waals surface area contributed by atoms with Crippen molar-refractivity contribution in [2.24, 2.45) is 0 Å². The number of rotatable bonds is 7. The Bertz CT molecular complexity index is 2360. The molecule has 0 spiro atoms. The average molecular weight is 924 g/mol. The van der Waals surface area contributed by atoms with Crippen LogP contribution < -0.4 is 21.9 Å². The summed E-state index contributed by atoms with van der Waals surface area (Å²) in [5.41, 5.74) is -11.7. The molecule has 0 saturated carbocycles. The van der Waals surface area contributed by atoms with E-state index in [9.17, 15) is 57.8 Å². The van der Waals surface area contributed by atoms with Gasteiger partial charge in [0, 0.05) is 16.5 Å². The zero-order chi connectivity index (χ0) is 46.6. The summed E-state index contributed by atoms with van der Waals surface area (Å²) in [4.78, 5) is 1.29. The van der Waals surface area contributed by atoms with E-state index in [0.717, 1.165) is 5.75 Å². The smallest absolute Gasteiger partial charge is 0.200 e. The Balaban J connectivity index is 0.000000355. The average Bonchev–Trinajstić information content (AvgIpc) is 3.24. The molecular formula is C39H17BF20OS. The second-order valence-electron chi connectivity index (χ2n) is 13.1. The van der Waals surface area contributed by atoms with Crippen LogP contribution in [0.1, 0.15) is 11.1 Å². The molecule has 1 nitrogen and oxygen atoms in total. The number of phenols is 1. The van der Waals surface area contributed by atoms with Crippen molar-refractivity contribution >= 4 is 38.9 Å². The van der Waals surface area contributed by atoms with Gasteiger partial charge in [-0.3, -0.25) is 0 Å². The van der Waals surface area contributed by atoms with Crippen LogP contribution in [0.25, 0.3) is 0 Å². The van der Waals surface area contributed by atoms with E-state index in [0.29, 0.717) is 5.75 Å². The van der Waals surface area contributed by atoms with Gasteiger partial charge >= 0.3 is 0 Å². The fourth-order valence-corrected chi connectivity index (χ4v) is 8.03. The summed E-state index contributed by atoms with van der Waals surface area (Å²) in [5, 5.41) is 9.26. The molecule has 23 heteroatoms. The molecule has 1 unspecified atom stereocenters. The highest BCUT2D eigenvalue weighted by atomic mass is 32.2. The van der Waals surface area contributed by atoms with E-state index in [1.54, 1.807) is 12.1 Å². The summed E-state index contributed by atoms with van der Waals surface area (Å²) in [5.74, 6) is -70.0. The van der Waals surface area contributed by atoms with Gasteiger partial charge in [-0.1, -0.05) is 29.8 Å². The first-order valence-electron chi connectivity index (χ1n) is 16.6. The highest BCUT2D eigenvalue weighted by molar-refractivity contribution is 7.95. The van der Waals surface area contributed by atoms with Gasteiger partial charge in [0.25, 0.3) is 0 Å². The van der Waals surface area contributed by atoms with Gasteiger partial charge < -0.3 is 5.11 Å². The van der Waals surface area contributed by atoms with E-state index >= 15 is 35.1 Å². The molecule has 0 amide bonds. The predicted molar refractivity (Wildman–Crippen MR) is 184 cm³/mol. The lowest BCUT2D eigenvalue weighted by Gasteiger charge is -2.44. The van der Waals surface area contributed by atoms with Gasteiger partial charge in [0.05, 0.1) is 0 Å². The van der Waals surface area contributed by atoms with Crippen molar-refractivity contribution in [1.29, 1.82) is 0 Å². The van der Waals surface area contributed by atoms with Gasteiger partial charge in [-0.2, -0.15) is 0 Å². The zero-order valence-corrected chi connectivity index (χ0v) is 31.1. The monoisotopic (exact) mass is 924 g/mol. The summed E-state index contributed by atoms with van der Waals surface area (Å²) in [6.45, 7) is 2.11. The highest BCUT2D eigenvalue weighted by Crippen LogP contribution is 2.31. The lowest BCUT2D eigenvalue weighted by molar-refractivity contribution is 0.378. The molecule has 0 aliphatic heterocycles. The molecule has 0 aliphatic rings. The maximum absolute atomic E-state index is 15.4. The van der Waals surface area contributed by atoms with E-state index < -0.39 is 144 Å². The molecule has 0 fully saturated rings. The van der Waals surface area contributed by atoms with Crippen molar-refractivity contribution < 1.29 is 92.9 Å². The van der Waals surface area contributed by atoms with Crippen LogP contribution in [0.4, 0.5) is 87.8 Å². The van der Waals surface area contributed by atoms with Crippen LogP contribution in [-0.2, 0) is 16.6 Å². The van der Waals surface area contributed by atoms with Crippen LogP contribution in [0, 0.1) is 123 Å². The maximum Gasteiger partial charge on any atom is 0.200 e. The molecule has 0 aromatic heterocycles. The van der Waals surface area contributed by atoms with Crippen molar-refractivity contribution in [3.05, 3.63) is 176 Å². The number of benzene rings is 6. The molecule has 0 radical (unpaired) electrons. The number of hydrogen-bond acceptors (Lipinski definition) is 1. The molecule has 62 heavy (non-hydrogen) atoms. The Morgan fingerprint density at radius 3 is 0.823 bits per heavy atom. The Morgan fingerprint density at radius 2 is 0.581 bits per heavy atom. The van der Waals surface area contributed by atoms with Gasteiger partial charge in [-0.05, 0) is 31.2 Å². The lowest BCUT2D eigenvalue weighted by Crippen LogP contribution is -2.81. The van der Waals surface area contributed by atoms with Crippen LogP contribution in [0.5, 0.6) is 5.75 Å². The van der Waals surface area contributed by atoms with E-state index in [2.05, 4.69) is 37.4 Å². The third kappa shape index (κ3) is 7.57. The van der Waals surface area contributed by atoms with E-state index in [1.807, 2.05) is 12.1 Å². The highest BCUT2D eigenvalue weighted by Gasteiger charge is 2.52. The fourth-order valence-electron chi connectivity index (χ4n) is 6.57. The number of aromatic hydroxyl groups is 1. The molecule has 0 saturated heterocycles. The first-order valence-corrected chi connectivity index (χ1v) is 18.4. The van der Waals surface area contributed by atoms with Gasteiger partial charge in [0.1, 0.15) is 70.4 Å². The molecule has 328 valence electrons. The Kier molecular flexibility index (Phi) is 13.3. The Labute approximate surface area is 337 Å². The van der Waals surface area contributed by atoms with Crippen molar-refractivity contribution in [2.75, 3.05) is 6.26 Å². The summed E-state index contributed by atoms with van der Waals surface area (Å²) in [6, 6.07) is 16.2. The van der Waals surface area contributed by atoms with Crippen LogP contribution in [0.2, 0.25) is 0 Å². The van der Waals surface area contributed by atoms with Gasteiger partial charge in [-0.15, -0.1) is 21.9 Å².